The molecular formula is C12H11ClN2OS. The zero-order chi connectivity index (χ0) is 12.3. The van der Waals surface area contributed by atoms with Crippen LogP contribution in [-0.2, 0) is 6.54 Å². The smallest absolute Gasteiger partial charge is 0.279 e. The molecular weight excluding hydrogens is 256 g/mol. The maximum Gasteiger partial charge on any atom is 0.279 e. The minimum absolute atomic E-state index is 0.267. The van der Waals surface area contributed by atoms with Crippen molar-refractivity contribution >= 4 is 28.8 Å². The van der Waals surface area contributed by atoms with E-state index in [1.165, 1.54) is 11.3 Å². The predicted octanol–water partition coefficient (Wildman–Crippen LogP) is 2.96. The standard InChI is InChI=1S/C12H11ClN2OS/c1-2-15-6-7-17-12(15)14-11(16)9-4-3-5-10(13)8-9/h3-8H,2H2,1H3. The summed E-state index contributed by atoms with van der Waals surface area (Å²) in [5.41, 5.74) is 0.508. The fourth-order valence-electron chi connectivity index (χ4n) is 1.40. The number of benzene rings is 1. The second-order valence-corrected chi connectivity index (χ2v) is 4.71. The first-order valence-electron chi connectivity index (χ1n) is 5.19. The van der Waals surface area contributed by atoms with E-state index >= 15 is 0 Å². The molecule has 88 valence electrons. The van der Waals surface area contributed by atoms with Gasteiger partial charge in [-0.15, -0.1) is 11.3 Å². The van der Waals surface area contributed by atoms with Gasteiger partial charge in [-0.3, -0.25) is 4.79 Å². The van der Waals surface area contributed by atoms with Gasteiger partial charge in [-0.2, -0.15) is 4.99 Å². The van der Waals surface area contributed by atoms with Gasteiger partial charge in [0.1, 0.15) is 0 Å². The number of hydrogen-bond donors (Lipinski definition) is 0. The highest BCUT2D eigenvalue weighted by molar-refractivity contribution is 7.07. The summed E-state index contributed by atoms with van der Waals surface area (Å²) in [6.45, 7) is 2.81. The number of aryl methyl sites for hydroxylation is 1. The summed E-state index contributed by atoms with van der Waals surface area (Å²) in [5, 5.41) is 2.45. The van der Waals surface area contributed by atoms with E-state index in [0.717, 1.165) is 6.54 Å². The quantitative estimate of drug-likeness (QED) is 0.823. The van der Waals surface area contributed by atoms with Crippen LogP contribution in [0.4, 0.5) is 0 Å². The van der Waals surface area contributed by atoms with Crippen LogP contribution in [-0.4, -0.2) is 10.5 Å². The lowest BCUT2D eigenvalue weighted by Gasteiger charge is -1.97. The fraction of sp³-hybridized carbons (Fsp3) is 0.167. The molecule has 0 atom stereocenters. The fourth-order valence-corrected chi connectivity index (χ4v) is 2.38. The van der Waals surface area contributed by atoms with Crippen LogP contribution < -0.4 is 4.80 Å². The minimum atomic E-state index is -0.267. The number of hydrogen-bond acceptors (Lipinski definition) is 2. The molecule has 2 aromatic rings. The second kappa shape index (κ2) is 5.29. The van der Waals surface area contributed by atoms with Crippen LogP contribution in [0.15, 0.2) is 40.8 Å². The lowest BCUT2D eigenvalue weighted by Crippen LogP contribution is -2.15. The van der Waals surface area contributed by atoms with Gasteiger partial charge in [-0.1, -0.05) is 17.7 Å². The molecule has 0 saturated heterocycles. The van der Waals surface area contributed by atoms with E-state index < -0.39 is 0 Å². The summed E-state index contributed by atoms with van der Waals surface area (Å²) in [7, 11) is 0. The minimum Gasteiger partial charge on any atom is -0.324 e. The van der Waals surface area contributed by atoms with Gasteiger partial charge < -0.3 is 4.57 Å². The number of carbonyl (C=O) groups is 1. The van der Waals surface area contributed by atoms with Gasteiger partial charge in [0.25, 0.3) is 5.91 Å². The zero-order valence-corrected chi connectivity index (χ0v) is 10.8. The summed E-state index contributed by atoms with van der Waals surface area (Å²) >= 11 is 7.28. The number of halogens is 1. The number of rotatable bonds is 2. The topological polar surface area (TPSA) is 34.4 Å². The van der Waals surface area contributed by atoms with Crippen molar-refractivity contribution in [3.63, 3.8) is 0 Å². The van der Waals surface area contributed by atoms with Crippen molar-refractivity contribution in [1.82, 2.24) is 4.57 Å². The lowest BCUT2D eigenvalue weighted by molar-refractivity contribution is 0.0998. The Morgan fingerprint density at radius 2 is 2.35 bits per heavy atom. The number of carbonyl (C=O) groups excluding carboxylic acids is 1. The number of aromatic nitrogens is 1. The molecule has 3 nitrogen and oxygen atoms in total. The first kappa shape index (κ1) is 12.1. The van der Waals surface area contributed by atoms with E-state index in [9.17, 15) is 4.79 Å². The molecule has 0 saturated carbocycles. The third-order valence-electron chi connectivity index (χ3n) is 2.27. The molecule has 0 radical (unpaired) electrons. The highest BCUT2D eigenvalue weighted by Gasteiger charge is 2.04. The molecule has 1 amide bonds. The molecule has 5 heteroatoms. The average Bonchev–Trinajstić information content (AvgIpc) is 2.76. The van der Waals surface area contributed by atoms with Crippen LogP contribution in [0.3, 0.4) is 0 Å². The van der Waals surface area contributed by atoms with E-state index in [1.54, 1.807) is 24.3 Å². The van der Waals surface area contributed by atoms with Crippen molar-refractivity contribution < 1.29 is 4.79 Å². The Morgan fingerprint density at radius 3 is 3.06 bits per heavy atom. The number of thiazole rings is 1. The Labute approximate surface area is 108 Å². The third kappa shape index (κ3) is 2.84. The Hall–Kier alpha value is -1.39. The molecule has 2 rings (SSSR count). The average molecular weight is 267 g/mol. The molecule has 0 aliphatic heterocycles. The monoisotopic (exact) mass is 266 g/mol. The Bertz CT molecular complexity index is 600. The zero-order valence-electron chi connectivity index (χ0n) is 9.26. The van der Waals surface area contributed by atoms with Gasteiger partial charge in [0.15, 0.2) is 4.80 Å². The number of nitrogens with zero attached hydrogens (tertiary/aromatic N) is 2. The van der Waals surface area contributed by atoms with Crippen molar-refractivity contribution in [1.29, 1.82) is 0 Å². The normalized spacial score (nSPS) is 11.8. The molecule has 17 heavy (non-hydrogen) atoms. The lowest BCUT2D eigenvalue weighted by atomic mass is 10.2. The van der Waals surface area contributed by atoms with E-state index in [0.29, 0.717) is 15.4 Å². The third-order valence-corrected chi connectivity index (χ3v) is 3.30. The van der Waals surface area contributed by atoms with Gasteiger partial charge in [-0.25, -0.2) is 0 Å². The molecule has 0 fully saturated rings. The van der Waals surface area contributed by atoms with Crippen LogP contribution >= 0.6 is 22.9 Å². The van der Waals surface area contributed by atoms with E-state index in [4.69, 9.17) is 11.6 Å². The highest BCUT2D eigenvalue weighted by atomic mass is 35.5. The molecule has 0 bridgehead atoms. The summed E-state index contributed by atoms with van der Waals surface area (Å²) in [4.78, 5) is 16.7. The maximum absolute atomic E-state index is 11.9. The van der Waals surface area contributed by atoms with Crippen LogP contribution in [0.25, 0.3) is 0 Å². The van der Waals surface area contributed by atoms with Crippen LogP contribution in [0.1, 0.15) is 17.3 Å². The van der Waals surface area contributed by atoms with Gasteiger partial charge in [-0.05, 0) is 25.1 Å². The van der Waals surface area contributed by atoms with E-state index in [1.807, 2.05) is 23.1 Å². The van der Waals surface area contributed by atoms with Gasteiger partial charge in [0.2, 0.25) is 0 Å². The van der Waals surface area contributed by atoms with Crippen molar-refractivity contribution in [3.05, 3.63) is 51.2 Å². The Balaban J connectivity index is 2.37. The van der Waals surface area contributed by atoms with E-state index in [2.05, 4.69) is 4.99 Å². The summed E-state index contributed by atoms with van der Waals surface area (Å²) in [6, 6.07) is 6.81. The second-order valence-electron chi connectivity index (χ2n) is 3.40. The highest BCUT2D eigenvalue weighted by Crippen LogP contribution is 2.11. The van der Waals surface area contributed by atoms with Gasteiger partial charge >= 0.3 is 0 Å². The van der Waals surface area contributed by atoms with Gasteiger partial charge in [0.05, 0.1) is 0 Å². The summed E-state index contributed by atoms with van der Waals surface area (Å²) in [6.07, 6.45) is 1.91. The van der Waals surface area contributed by atoms with E-state index in [-0.39, 0.29) is 5.91 Å². The molecule has 0 aliphatic rings. The molecule has 0 spiro atoms. The van der Waals surface area contributed by atoms with Crippen molar-refractivity contribution in [2.24, 2.45) is 4.99 Å². The predicted molar refractivity (Wildman–Crippen MR) is 69.3 cm³/mol. The Morgan fingerprint density at radius 1 is 1.53 bits per heavy atom. The van der Waals surface area contributed by atoms with Crippen molar-refractivity contribution in [2.45, 2.75) is 13.5 Å². The van der Waals surface area contributed by atoms with Crippen LogP contribution in [0.2, 0.25) is 5.02 Å². The molecule has 1 aromatic carbocycles. The van der Waals surface area contributed by atoms with Crippen LogP contribution in [0.5, 0.6) is 0 Å². The molecule has 1 aromatic heterocycles. The molecule has 0 N–H and O–H groups in total. The summed E-state index contributed by atoms with van der Waals surface area (Å²) in [5.74, 6) is -0.267. The maximum atomic E-state index is 11.9. The van der Waals surface area contributed by atoms with Crippen LogP contribution in [0, 0.1) is 0 Å². The van der Waals surface area contributed by atoms with Crippen molar-refractivity contribution in [3.8, 4) is 0 Å². The molecule has 1 heterocycles. The summed E-state index contributed by atoms with van der Waals surface area (Å²) < 4.78 is 1.92. The van der Waals surface area contributed by atoms with Gasteiger partial charge in [0, 0.05) is 28.7 Å². The largest absolute Gasteiger partial charge is 0.324 e. The van der Waals surface area contributed by atoms with Crippen molar-refractivity contribution in [2.75, 3.05) is 0 Å². The molecule has 0 aliphatic carbocycles. The Kier molecular flexibility index (Phi) is 3.76. The first-order valence-corrected chi connectivity index (χ1v) is 6.45. The number of amides is 1. The SMILES string of the molecule is CCn1ccsc1=NC(=O)c1cccc(Cl)c1. The molecule has 0 unspecified atom stereocenters. The first-order chi connectivity index (χ1) is 8.20.